The first kappa shape index (κ1) is 15.5. The van der Waals surface area contributed by atoms with E-state index in [-0.39, 0.29) is 0 Å². The number of anilines is 1. The maximum absolute atomic E-state index is 4.83. The van der Waals surface area contributed by atoms with Crippen molar-refractivity contribution in [2.24, 2.45) is 0 Å². The number of hydrogen-bond acceptors (Lipinski definition) is 5. The molecule has 2 aromatic heterocycles. The Kier molecular flexibility index (Phi) is 3.98. The summed E-state index contributed by atoms with van der Waals surface area (Å²) in [6.45, 7) is 8.50. The smallest absolute Gasteiger partial charge is 0.136 e. The van der Waals surface area contributed by atoms with Crippen LogP contribution in [0.15, 0.2) is 12.4 Å². The van der Waals surface area contributed by atoms with Crippen molar-refractivity contribution in [1.82, 2.24) is 24.7 Å². The van der Waals surface area contributed by atoms with Gasteiger partial charge in [0.2, 0.25) is 0 Å². The van der Waals surface area contributed by atoms with E-state index in [4.69, 9.17) is 4.98 Å². The van der Waals surface area contributed by atoms with Gasteiger partial charge in [-0.05, 0) is 46.5 Å². The Morgan fingerprint density at radius 2 is 1.79 bits per heavy atom. The molecule has 1 saturated heterocycles. The van der Waals surface area contributed by atoms with Crippen LogP contribution in [0.25, 0.3) is 0 Å². The van der Waals surface area contributed by atoms with Crippen LogP contribution in [0, 0.1) is 6.92 Å². The second kappa shape index (κ2) is 6.15. The molecule has 6 nitrogen and oxygen atoms in total. The van der Waals surface area contributed by atoms with Gasteiger partial charge in [-0.15, -0.1) is 10.2 Å². The fourth-order valence-corrected chi connectivity index (χ4v) is 3.57. The van der Waals surface area contributed by atoms with Crippen molar-refractivity contribution in [3.63, 3.8) is 0 Å². The van der Waals surface area contributed by atoms with Crippen LogP contribution in [-0.4, -0.2) is 37.8 Å². The normalized spacial score (nSPS) is 19.2. The fraction of sp³-hybridized carbons (Fsp3) is 0.667. The zero-order chi connectivity index (χ0) is 16.7. The van der Waals surface area contributed by atoms with E-state index >= 15 is 0 Å². The highest BCUT2D eigenvalue weighted by Crippen LogP contribution is 2.39. The average Bonchev–Trinajstić information content (AvgIpc) is 3.31. The van der Waals surface area contributed by atoms with Gasteiger partial charge in [0, 0.05) is 42.7 Å². The van der Waals surface area contributed by atoms with E-state index in [1.165, 1.54) is 12.8 Å². The van der Waals surface area contributed by atoms with Crippen molar-refractivity contribution in [2.75, 3.05) is 18.0 Å². The van der Waals surface area contributed by atoms with E-state index in [1.807, 2.05) is 6.33 Å². The molecule has 2 aliphatic rings. The predicted octanol–water partition coefficient (Wildman–Crippen LogP) is 3.22. The second-order valence-corrected chi connectivity index (χ2v) is 7.45. The molecule has 0 N–H and O–H groups in total. The van der Waals surface area contributed by atoms with Gasteiger partial charge in [-0.25, -0.2) is 9.97 Å². The summed E-state index contributed by atoms with van der Waals surface area (Å²) in [5.41, 5.74) is 1.09. The summed E-state index contributed by atoms with van der Waals surface area (Å²) in [4.78, 5) is 11.9. The summed E-state index contributed by atoms with van der Waals surface area (Å²) < 4.78 is 2.21. The number of hydrogen-bond donors (Lipinski definition) is 0. The zero-order valence-electron chi connectivity index (χ0n) is 14.8. The summed E-state index contributed by atoms with van der Waals surface area (Å²) in [7, 11) is 0. The van der Waals surface area contributed by atoms with Crippen LogP contribution in [0.3, 0.4) is 0 Å². The second-order valence-electron chi connectivity index (χ2n) is 7.45. The third kappa shape index (κ3) is 3.01. The lowest BCUT2D eigenvalue weighted by Gasteiger charge is -2.33. The molecular weight excluding hydrogens is 300 g/mol. The van der Waals surface area contributed by atoms with Gasteiger partial charge in [-0.3, -0.25) is 0 Å². The maximum atomic E-state index is 4.83. The van der Waals surface area contributed by atoms with Crippen molar-refractivity contribution in [2.45, 2.75) is 64.3 Å². The van der Waals surface area contributed by atoms with Gasteiger partial charge >= 0.3 is 0 Å². The molecule has 3 heterocycles. The van der Waals surface area contributed by atoms with Crippen LogP contribution >= 0.6 is 0 Å². The van der Waals surface area contributed by atoms with Crippen LogP contribution in [0.4, 0.5) is 5.82 Å². The molecule has 24 heavy (non-hydrogen) atoms. The summed E-state index contributed by atoms with van der Waals surface area (Å²) in [5, 5.41) is 8.51. The van der Waals surface area contributed by atoms with Crippen LogP contribution in [0.5, 0.6) is 0 Å². The molecule has 0 bridgehead atoms. The zero-order valence-corrected chi connectivity index (χ0v) is 14.8. The van der Waals surface area contributed by atoms with Gasteiger partial charge in [0.1, 0.15) is 23.8 Å². The van der Waals surface area contributed by atoms with E-state index in [0.29, 0.717) is 17.9 Å². The lowest BCUT2D eigenvalue weighted by Crippen LogP contribution is -2.34. The van der Waals surface area contributed by atoms with E-state index in [0.717, 1.165) is 49.1 Å². The molecule has 0 radical (unpaired) electrons. The topological polar surface area (TPSA) is 59.7 Å². The van der Waals surface area contributed by atoms with Crippen LogP contribution < -0.4 is 4.90 Å². The fourth-order valence-electron chi connectivity index (χ4n) is 3.57. The van der Waals surface area contributed by atoms with Crippen molar-refractivity contribution >= 4 is 5.82 Å². The van der Waals surface area contributed by atoms with Crippen molar-refractivity contribution < 1.29 is 0 Å². The van der Waals surface area contributed by atoms with Gasteiger partial charge in [0.15, 0.2) is 0 Å². The van der Waals surface area contributed by atoms with Gasteiger partial charge in [0.05, 0.1) is 0 Å². The lowest BCUT2D eigenvalue weighted by atomic mass is 9.95. The van der Waals surface area contributed by atoms with E-state index in [2.05, 4.69) is 51.5 Å². The third-order valence-corrected chi connectivity index (χ3v) is 5.14. The SMILES string of the molecule is Cc1cc(N2CCC(c3nncn3C(C)C)CC2)nc(C2CC2)n1. The molecule has 0 spiro atoms. The Hall–Kier alpha value is -1.98. The number of piperidine rings is 1. The van der Waals surface area contributed by atoms with Gasteiger partial charge < -0.3 is 9.47 Å². The third-order valence-electron chi connectivity index (χ3n) is 5.14. The van der Waals surface area contributed by atoms with Crippen LogP contribution in [0.1, 0.15) is 74.8 Å². The first-order valence-electron chi connectivity index (χ1n) is 9.11. The molecule has 6 heteroatoms. The molecule has 2 aromatic rings. The Morgan fingerprint density at radius 3 is 2.46 bits per heavy atom. The highest BCUT2D eigenvalue weighted by atomic mass is 15.3. The quantitative estimate of drug-likeness (QED) is 0.863. The summed E-state index contributed by atoms with van der Waals surface area (Å²) in [5.74, 6) is 4.39. The Morgan fingerprint density at radius 1 is 1.04 bits per heavy atom. The highest BCUT2D eigenvalue weighted by Gasteiger charge is 2.29. The minimum absolute atomic E-state index is 0.415. The first-order valence-corrected chi connectivity index (χ1v) is 9.11. The molecule has 0 amide bonds. The minimum Gasteiger partial charge on any atom is -0.356 e. The molecule has 128 valence electrons. The van der Waals surface area contributed by atoms with E-state index in [1.54, 1.807) is 0 Å². The van der Waals surface area contributed by atoms with E-state index in [9.17, 15) is 0 Å². The molecule has 2 fully saturated rings. The molecular formula is C18H26N6. The number of nitrogens with zero attached hydrogens (tertiary/aromatic N) is 6. The molecule has 0 unspecified atom stereocenters. The molecule has 0 atom stereocenters. The summed E-state index contributed by atoms with van der Waals surface area (Å²) in [6.07, 6.45) is 6.56. The summed E-state index contributed by atoms with van der Waals surface area (Å²) in [6, 6.07) is 2.54. The van der Waals surface area contributed by atoms with Crippen LogP contribution in [-0.2, 0) is 0 Å². The monoisotopic (exact) mass is 326 g/mol. The largest absolute Gasteiger partial charge is 0.356 e. The molecule has 0 aromatic carbocycles. The standard InChI is InChI=1S/C18H26N6/c1-12(2)24-11-19-22-18(24)15-6-8-23(9-7-15)16-10-13(3)20-17(21-16)14-4-5-14/h10-12,14-15H,4-9H2,1-3H3. The van der Waals surface area contributed by atoms with Crippen molar-refractivity contribution in [3.8, 4) is 0 Å². The number of rotatable bonds is 4. The minimum atomic E-state index is 0.415. The van der Waals surface area contributed by atoms with Gasteiger partial charge in [-0.2, -0.15) is 0 Å². The molecule has 1 aliphatic heterocycles. The molecule has 4 rings (SSSR count). The number of aromatic nitrogens is 5. The molecule has 1 saturated carbocycles. The average molecular weight is 326 g/mol. The van der Waals surface area contributed by atoms with Gasteiger partial charge in [0.25, 0.3) is 0 Å². The van der Waals surface area contributed by atoms with Crippen molar-refractivity contribution in [1.29, 1.82) is 0 Å². The highest BCUT2D eigenvalue weighted by molar-refractivity contribution is 5.41. The Bertz CT molecular complexity index is 710. The first-order chi connectivity index (χ1) is 11.6. The number of aryl methyl sites for hydroxylation is 1. The molecule has 1 aliphatic carbocycles. The predicted molar refractivity (Wildman–Crippen MR) is 93.3 cm³/mol. The summed E-state index contributed by atoms with van der Waals surface area (Å²) >= 11 is 0. The van der Waals surface area contributed by atoms with Crippen molar-refractivity contribution in [3.05, 3.63) is 29.7 Å². The Labute approximate surface area is 143 Å². The lowest BCUT2D eigenvalue weighted by molar-refractivity contribution is 0.447. The van der Waals surface area contributed by atoms with E-state index < -0.39 is 0 Å². The van der Waals surface area contributed by atoms with Crippen LogP contribution in [0.2, 0.25) is 0 Å². The maximum Gasteiger partial charge on any atom is 0.136 e. The Balaban J connectivity index is 1.47. The van der Waals surface area contributed by atoms with Gasteiger partial charge in [-0.1, -0.05) is 0 Å².